The highest BCUT2D eigenvalue weighted by molar-refractivity contribution is 5.92. The molecule has 0 aliphatic heterocycles. The Morgan fingerprint density at radius 2 is 1.48 bits per heavy atom. The van der Waals surface area contributed by atoms with Crippen molar-refractivity contribution in [1.29, 1.82) is 0 Å². The Bertz CT molecular complexity index is 1010. The number of carbonyl (C=O) groups is 2. The van der Waals surface area contributed by atoms with Crippen molar-refractivity contribution in [2.75, 3.05) is 13.7 Å². The molecule has 0 heterocycles. The highest BCUT2D eigenvalue weighted by Crippen LogP contribution is 2.22. The summed E-state index contributed by atoms with van der Waals surface area (Å²) in [4.78, 5) is 24.6. The first-order valence-electron chi connectivity index (χ1n) is 9.97. The molecule has 1 atom stereocenters. The first-order chi connectivity index (χ1) is 15.0. The van der Waals surface area contributed by atoms with Gasteiger partial charge < -0.3 is 19.9 Å². The van der Waals surface area contributed by atoms with Gasteiger partial charge in [-0.15, -0.1) is 0 Å². The molecule has 3 rings (SSSR count). The SMILES string of the molecule is COc1ccc(CCNC(=O)[C@H](C)OC(=O)c2ccc(-c3ccc(O)cc3)cc2)cc1. The number of hydrogen-bond acceptors (Lipinski definition) is 5. The van der Waals surface area contributed by atoms with E-state index in [1.165, 1.54) is 0 Å². The predicted octanol–water partition coefficient (Wildman–Crippen LogP) is 3.97. The van der Waals surface area contributed by atoms with Crippen molar-refractivity contribution in [3.05, 3.63) is 83.9 Å². The van der Waals surface area contributed by atoms with Gasteiger partial charge in [0, 0.05) is 6.54 Å². The topological polar surface area (TPSA) is 84.9 Å². The molecule has 160 valence electrons. The second-order valence-electron chi connectivity index (χ2n) is 7.06. The summed E-state index contributed by atoms with van der Waals surface area (Å²) in [6.07, 6.45) is -0.241. The van der Waals surface area contributed by atoms with Crippen molar-refractivity contribution >= 4 is 11.9 Å². The summed E-state index contributed by atoms with van der Waals surface area (Å²) >= 11 is 0. The molecule has 0 saturated carbocycles. The Balaban J connectivity index is 1.48. The minimum Gasteiger partial charge on any atom is -0.508 e. The van der Waals surface area contributed by atoms with Crippen LogP contribution in [0.1, 0.15) is 22.8 Å². The predicted molar refractivity (Wildman–Crippen MR) is 118 cm³/mol. The van der Waals surface area contributed by atoms with Crippen LogP contribution in [0.5, 0.6) is 11.5 Å². The molecule has 0 aliphatic carbocycles. The van der Waals surface area contributed by atoms with E-state index in [0.717, 1.165) is 22.4 Å². The van der Waals surface area contributed by atoms with E-state index >= 15 is 0 Å². The van der Waals surface area contributed by atoms with Crippen LogP contribution < -0.4 is 10.1 Å². The van der Waals surface area contributed by atoms with E-state index in [0.29, 0.717) is 18.5 Å². The van der Waals surface area contributed by atoms with E-state index in [2.05, 4.69) is 5.32 Å². The quantitative estimate of drug-likeness (QED) is 0.540. The van der Waals surface area contributed by atoms with Gasteiger partial charge in [-0.1, -0.05) is 36.4 Å². The number of hydrogen-bond donors (Lipinski definition) is 2. The Hall–Kier alpha value is -3.80. The largest absolute Gasteiger partial charge is 0.508 e. The zero-order chi connectivity index (χ0) is 22.2. The molecular formula is C25H25NO5. The van der Waals surface area contributed by atoms with Crippen molar-refractivity contribution in [2.45, 2.75) is 19.4 Å². The summed E-state index contributed by atoms with van der Waals surface area (Å²) in [6.45, 7) is 1.99. The van der Waals surface area contributed by atoms with E-state index < -0.39 is 12.1 Å². The monoisotopic (exact) mass is 419 g/mol. The van der Waals surface area contributed by atoms with Crippen molar-refractivity contribution < 1.29 is 24.2 Å². The number of aromatic hydroxyl groups is 1. The van der Waals surface area contributed by atoms with Crippen LogP contribution in [0.15, 0.2) is 72.8 Å². The Morgan fingerprint density at radius 3 is 2.06 bits per heavy atom. The second-order valence-corrected chi connectivity index (χ2v) is 7.06. The van der Waals surface area contributed by atoms with Crippen LogP contribution in [0.4, 0.5) is 0 Å². The number of esters is 1. The summed E-state index contributed by atoms with van der Waals surface area (Å²) in [5.74, 6) is 0.0715. The molecule has 3 aromatic rings. The maximum atomic E-state index is 12.4. The van der Waals surface area contributed by atoms with E-state index in [4.69, 9.17) is 9.47 Å². The van der Waals surface area contributed by atoms with E-state index in [9.17, 15) is 14.7 Å². The first-order valence-corrected chi connectivity index (χ1v) is 9.97. The minimum absolute atomic E-state index is 0.195. The van der Waals surface area contributed by atoms with Crippen molar-refractivity contribution in [3.63, 3.8) is 0 Å². The Kier molecular flexibility index (Phi) is 7.27. The van der Waals surface area contributed by atoms with Gasteiger partial charge >= 0.3 is 5.97 Å². The van der Waals surface area contributed by atoms with Gasteiger partial charge in [0.1, 0.15) is 11.5 Å². The van der Waals surface area contributed by atoms with Crippen molar-refractivity contribution in [1.82, 2.24) is 5.32 Å². The number of methoxy groups -OCH3 is 1. The third-order valence-corrected chi connectivity index (χ3v) is 4.85. The van der Waals surface area contributed by atoms with Crippen molar-refractivity contribution in [3.8, 4) is 22.6 Å². The fourth-order valence-electron chi connectivity index (χ4n) is 3.00. The van der Waals surface area contributed by atoms with Gasteiger partial charge in [-0.3, -0.25) is 4.79 Å². The van der Waals surface area contributed by atoms with E-state index in [-0.39, 0.29) is 11.7 Å². The molecule has 0 aliphatic rings. The highest BCUT2D eigenvalue weighted by Gasteiger charge is 2.18. The summed E-state index contributed by atoms with van der Waals surface area (Å²) in [7, 11) is 1.61. The number of phenolic OH excluding ortho intramolecular Hbond substituents is 1. The smallest absolute Gasteiger partial charge is 0.338 e. The van der Waals surface area contributed by atoms with Gasteiger partial charge in [-0.05, 0) is 66.4 Å². The molecule has 0 aromatic heterocycles. The number of amides is 1. The molecule has 0 spiro atoms. The van der Waals surface area contributed by atoms with Crippen LogP contribution in [-0.4, -0.2) is 36.7 Å². The lowest BCUT2D eigenvalue weighted by Crippen LogP contribution is -2.36. The maximum Gasteiger partial charge on any atom is 0.338 e. The van der Waals surface area contributed by atoms with Crippen LogP contribution in [0.2, 0.25) is 0 Å². The molecule has 31 heavy (non-hydrogen) atoms. The standard InChI is InChI=1S/C25H25NO5/c1-17(24(28)26-16-15-18-3-13-23(30-2)14-4-18)31-25(29)21-7-5-19(6-8-21)20-9-11-22(27)12-10-20/h3-14,17,27H,15-16H2,1-2H3,(H,26,28)/t17-/m0/s1. The third kappa shape index (κ3) is 6.09. The van der Waals surface area contributed by atoms with Crippen LogP contribution in [0, 0.1) is 0 Å². The molecule has 6 nitrogen and oxygen atoms in total. The molecule has 0 saturated heterocycles. The molecule has 2 N–H and O–H groups in total. The number of benzene rings is 3. The van der Waals surface area contributed by atoms with E-state index in [1.807, 2.05) is 24.3 Å². The molecule has 0 fully saturated rings. The summed E-state index contributed by atoms with van der Waals surface area (Å²) < 4.78 is 10.4. The fourth-order valence-corrected chi connectivity index (χ4v) is 3.00. The first kappa shape index (κ1) is 21.9. The molecule has 0 bridgehead atoms. The Labute approximate surface area is 181 Å². The van der Waals surface area contributed by atoms with Gasteiger partial charge in [0.2, 0.25) is 0 Å². The molecule has 3 aromatic carbocycles. The molecular weight excluding hydrogens is 394 g/mol. The van der Waals surface area contributed by atoms with Gasteiger partial charge in [0.15, 0.2) is 6.10 Å². The summed E-state index contributed by atoms with van der Waals surface area (Å²) in [5.41, 5.74) is 3.25. The van der Waals surface area contributed by atoms with Crippen LogP contribution >= 0.6 is 0 Å². The Morgan fingerprint density at radius 1 is 0.903 bits per heavy atom. The van der Waals surface area contributed by atoms with Crippen LogP contribution in [-0.2, 0) is 16.0 Å². The third-order valence-electron chi connectivity index (χ3n) is 4.85. The van der Waals surface area contributed by atoms with Gasteiger partial charge in [-0.25, -0.2) is 4.79 Å². The van der Waals surface area contributed by atoms with Crippen LogP contribution in [0.25, 0.3) is 11.1 Å². The minimum atomic E-state index is -0.903. The lowest BCUT2D eigenvalue weighted by Gasteiger charge is -2.14. The summed E-state index contributed by atoms with van der Waals surface area (Å²) in [6, 6.07) is 21.3. The number of ether oxygens (including phenoxy) is 2. The van der Waals surface area contributed by atoms with Gasteiger partial charge in [0.05, 0.1) is 12.7 Å². The summed E-state index contributed by atoms with van der Waals surface area (Å²) in [5, 5.41) is 12.2. The zero-order valence-electron chi connectivity index (χ0n) is 17.5. The average Bonchev–Trinajstić information content (AvgIpc) is 2.80. The maximum absolute atomic E-state index is 12.4. The lowest BCUT2D eigenvalue weighted by molar-refractivity contribution is -0.129. The molecule has 1 amide bonds. The van der Waals surface area contributed by atoms with Crippen molar-refractivity contribution in [2.24, 2.45) is 0 Å². The highest BCUT2D eigenvalue weighted by atomic mass is 16.5. The average molecular weight is 419 g/mol. The molecule has 0 radical (unpaired) electrons. The van der Waals surface area contributed by atoms with Crippen LogP contribution in [0.3, 0.4) is 0 Å². The van der Waals surface area contributed by atoms with Gasteiger partial charge in [0.25, 0.3) is 5.91 Å². The zero-order valence-corrected chi connectivity index (χ0v) is 17.5. The fraction of sp³-hybridized carbons (Fsp3) is 0.200. The molecule has 6 heteroatoms. The number of carbonyl (C=O) groups excluding carboxylic acids is 2. The normalized spacial score (nSPS) is 11.4. The lowest BCUT2D eigenvalue weighted by atomic mass is 10.0. The number of nitrogens with one attached hydrogen (secondary N) is 1. The number of phenols is 1. The molecule has 0 unspecified atom stereocenters. The van der Waals surface area contributed by atoms with Gasteiger partial charge in [-0.2, -0.15) is 0 Å². The van der Waals surface area contributed by atoms with E-state index in [1.54, 1.807) is 62.6 Å². The second kappa shape index (κ2) is 10.3. The number of rotatable bonds is 8.